The third-order valence-electron chi connectivity index (χ3n) is 1.99. The van der Waals surface area contributed by atoms with Gasteiger partial charge >= 0.3 is 6.18 Å². The second-order valence-corrected chi connectivity index (χ2v) is 4.30. The molecule has 0 aliphatic carbocycles. The van der Waals surface area contributed by atoms with Gasteiger partial charge in [0.1, 0.15) is 6.04 Å². The van der Waals surface area contributed by atoms with Gasteiger partial charge in [0, 0.05) is 4.47 Å². The molecule has 1 aromatic carbocycles. The Morgan fingerprint density at radius 2 is 1.88 bits per heavy atom. The van der Waals surface area contributed by atoms with E-state index in [0.717, 1.165) is 4.47 Å². The predicted molar refractivity (Wildman–Crippen MR) is 60.1 cm³/mol. The van der Waals surface area contributed by atoms with Gasteiger partial charge in [-0.2, -0.15) is 13.2 Å². The zero-order chi connectivity index (χ0) is 13.1. The molecule has 0 spiro atoms. The maximum Gasteiger partial charge on any atom is 0.401 e. The molecule has 0 aliphatic heterocycles. The summed E-state index contributed by atoms with van der Waals surface area (Å²) in [6.45, 7) is -1.27. The number of primary amides is 1. The number of carbonyl (C=O) groups is 1. The number of hydrogen-bond donors (Lipinski definition) is 2. The molecule has 0 saturated heterocycles. The Bertz CT molecular complexity index is 392. The van der Waals surface area contributed by atoms with E-state index in [2.05, 4.69) is 21.2 Å². The molecule has 1 aromatic rings. The largest absolute Gasteiger partial charge is 0.401 e. The topological polar surface area (TPSA) is 55.1 Å². The van der Waals surface area contributed by atoms with Crippen molar-refractivity contribution in [2.24, 2.45) is 5.73 Å². The molecule has 1 atom stereocenters. The lowest BCUT2D eigenvalue weighted by Crippen LogP contribution is -2.38. The highest BCUT2D eigenvalue weighted by atomic mass is 79.9. The smallest absolute Gasteiger partial charge is 0.368 e. The molecule has 0 radical (unpaired) electrons. The van der Waals surface area contributed by atoms with Crippen LogP contribution >= 0.6 is 15.9 Å². The lowest BCUT2D eigenvalue weighted by atomic mass is 10.1. The standard InChI is InChI=1S/C10H10BrF3N2O/c11-7-3-1-6(2-4-7)8(9(15)17)16-5-10(12,13)14/h1-4,8,16H,5H2,(H2,15,17). The molecular weight excluding hydrogens is 301 g/mol. The van der Waals surface area contributed by atoms with E-state index >= 15 is 0 Å². The predicted octanol–water partition coefficient (Wildman–Crippen LogP) is 2.13. The van der Waals surface area contributed by atoms with Crippen LogP contribution in [0, 0.1) is 0 Å². The highest BCUT2D eigenvalue weighted by molar-refractivity contribution is 9.10. The summed E-state index contributed by atoms with van der Waals surface area (Å²) in [7, 11) is 0. The Kier molecular flexibility index (Phi) is 4.53. The van der Waals surface area contributed by atoms with Gasteiger partial charge in [0.15, 0.2) is 0 Å². The molecule has 0 saturated carbocycles. The van der Waals surface area contributed by atoms with Crippen LogP contribution in [0.4, 0.5) is 13.2 Å². The number of hydrogen-bond acceptors (Lipinski definition) is 2. The number of rotatable bonds is 4. The average molecular weight is 311 g/mol. The first-order chi connectivity index (χ1) is 7.79. The monoisotopic (exact) mass is 310 g/mol. The first kappa shape index (κ1) is 14.0. The van der Waals surface area contributed by atoms with Crippen molar-refractivity contribution in [2.75, 3.05) is 6.54 Å². The summed E-state index contributed by atoms with van der Waals surface area (Å²) in [6, 6.07) is 5.16. The molecule has 0 aliphatic rings. The molecule has 1 rings (SSSR count). The van der Waals surface area contributed by atoms with Crippen molar-refractivity contribution < 1.29 is 18.0 Å². The number of halogens is 4. The second-order valence-electron chi connectivity index (χ2n) is 3.38. The van der Waals surface area contributed by atoms with E-state index in [4.69, 9.17) is 5.73 Å². The normalized spacial score (nSPS) is 13.4. The third-order valence-corrected chi connectivity index (χ3v) is 2.52. The lowest BCUT2D eigenvalue weighted by Gasteiger charge is -2.17. The van der Waals surface area contributed by atoms with Crippen molar-refractivity contribution >= 4 is 21.8 Å². The SMILES string of the molecule is NC(=O)C(NCC(F)(F)F)c1ccc(Br)cc1. The molecule has 3 N–H and O–H groups in total. The third kappa shape index (κ3) is 4.74. The van der Waals surface area contributed by atoms with Crippen molar-refractivity contribution in [3.63, 3.8) is 0 Å². The van der Waals surface area contributed by atoms with Gasteiger partial charge in [-0.05, 0) is 17.7 Å². The Hall–Kier alpha value is -1.08. The van der Waals surface area contributed by atoms with Gasteiger partial charge < -0.3 is 5.73 Å². The van der Waals surface area contributed by atoms with Crippen LogP contribution in [0.1, 0.15) is 11.6 Å². The van der Waals surface area contributed by atoms with E-state index in [1.165, 1.54) is 12.1 Å². The Morgan fingerprint density at radius 1 is 1.35 bits per heavy atom. The van der Waals surface area contributed by atoms with Crippen molar-refractivity contribution in [1.29, 1.82) is 0 Å². The van der Waals surface area contributed by atoms with Crippen LogP contribution in [0.3, 0.4) is 0 Å². The van der Waals surface area contributed by atoms with Gasteiger partial charge in [0.2, 0.25) is 5.91 Å². The van der Waals surface area contributed by atoms with Gasteiger partial charge in [-0.3, -0.25) is 10.1 Å². The fraction of sp³-hybridized carbons (Fsp3) is 0.300. The highest BCUT2D eigenvalue weighted by Crippen LogP contribution is 2.19. The first-order valence-corrected chi connectivity index (χ1v) is 5.44. The molecule has 0 heterocycles. The van der Waals surface area contributed by atoms with Crippen molar-refractivity contribution in [2.45, 2.75) is 12.2 Å². The number of nitrogens with two attached hydrogens (primary N) is 1. The second kappa shape index (κ2) is 5.50. The zero-order valence-electron chi connectivity index (χ0n) is 8.59. The fourth-order valence-corrected chi connectivity index (χ4v) is 1.52. The Balaban J connectivity index is 2.79. The van der Waals surface area contributed by atoms with Crippen LogP contribution in [0.2, 0.25) is 0 Å². The lowest BCUT2D eigenvalue weighted by molar-refractivity contribution is -0.130. The van der Waals surface area contributed by atoms with Crippen LogP contribution in [0.5, 0.6) is 0 Å². The molecule has 17 heavy (non-hydrogen) atoms. The van der Waals surface area contributed by atoms with Gasteiger partial charge in [-0.1, -0.05) is 28.1 Å². The van der Waals surface area contributed by atoms with E-state index in [1.807, 2.05) is 0 Å². The van der Waals surface area contributed by atoms with Gasteiger partial charge in [0.05, 0.1) is 6.54 Å². The number of carbonyl (C=O) groups excluding carboxylic acids is 1. The van der Waals surface area contributed by atoms with Crippen LogP contribution in [0.25, 0.3) is 0 Å². The van der Waals surface area contributed by atoms with E-state index in [-0.39, 0.29) is 0 Å². The minimum Gasteiger partial charge on any atom is -0.368 e. The van der Waals surface area contributed by atoms with E-state index in [0.29, 0.717) is 5.56 Å². The van der Waals surface area contributed by atoms with E-state index < -0.39 is 24.7 Å². The summed E-state index contributed by atoms with van der Waals surface area (Å²) in [5.74, 6) is -0.850. The summed E-state index contributed by atoms with van der Waals surface area (Å²) in [5, 5.41) is 2.08. The molecule has 1 unspecified atom stereocenters. The number of alkyl halides is 3. The Morgan fingerprint density at radius 3 is 2.29 bits per heavy atom. The Labute approximate surface area is 104 Å². The quantitative estimate of drug-likeness (QED) is 0.895. The summed E-state index contributed by atoms with van der Waals surface area (Å²) in [4.78, 5) is 11.1. The first-order valence-electron chi connectivity index (χ1n) is 4.64. The van der Waals surface area contributed by atoms with Gasteiger partial charge in [-0.25, -0.2) is 0 Å². The zero-order valence-corrected chi connectivity index (χ0v) is 10.2. The van der Waals surface area contributed by atoms with Crippen LogP contribution in [0.15, 0.2) is 28.7 Å². The maximum atomic E-state index is 12.0. The summed E-state index contributed by atoms with van der Waals surface area (Å²) >= 11 is 3.19. The van der Waals surface area contributed by atoms with Crippen LogP contribution < -0.4 is 11.1 Å². The molecule has 0 bridgehead atoms. The van der Waals surface area contributed by atoms with Crippen molar-refractivity contribution in [3.8, 4) is 0 Å². The molecule has 7 heteroatoms. The molecule has 3 nitrogen and oxygen atoms in total. The molecule has 1 amide bonds. The molecular formula is C10H10BrF3N2O. The average Bonchev–Trinajstić information content (AvgIpc) is 2.18. The van der Waals surface area contributed by atoms with Gasteiger partial charge in [0.25, 0.3) is 0 Å². The highest BCUT2D eigenvalue weighted by Gasteiger charge is 2.29. The molecule has 94 valence electrons. The molecule has 0 aromatic heterocycles. The van der Waals surface area contributed by atoms with Crippen molar-refractivity contribution in [3.05, 3.63) is 34.3 Å². The minimum absolute atomic E-state index is 0.393. The summed E-state index contributed by atoms with van der Waals surface area (Å²) < 4.78 is 36.9. The minimum atomic E-state index is -4.39. The van der Waals surface area contributed by atoms with Crippen LogP contribution in [-0.4, -0.2) is 18.6 Å². The number of amides is 1. The van der Waals surface area contributed by atoms with Gasteiger partial charge in [-0.15, -0.1) is 0 Å². The fourth-order valence-electron chi connectivity index (χ4n) is 1.26. The van der Waals surface area contributed by atoms with E-state index in [9.17, 15) is 18.0 Å². The molecule has 0 fully saturated rings. The van der Waals surface area contributed by atoms with Crippen molar-refractivity contribution in [1.82, 2.24) is 5.32 Å². The van der Waals surface area contributed by atoms with E-state index in [1.54, 1.807) is 12.1 Å². The summed E-state index contributed by atoms with van der Waals surface area (Å²) in [6.07, 6.45) is -4.39. The van der Waals surface area contributed by atoms with Crippen LogP contribution in [-0.2, 0) is 4.79 Å². The maximum absolute atomic E-state index is 12.0. The summed E-state index contributed by atoms with van der Waals surface area (Å²) in [5.41, 5.74) is 5.45. The number of benzene rings is 1. The number of nitrogens with one attached hydrogen (secondary N) is 1.